The van der Waals surface area contributed by atoms with Crippen molar-refractivity contribution in [3.05, 3.63) is 35.0 Å². The van der Waals surface area contributed by atoms with Gasteiger partial charge in [-0.2, -0.15) is 0 Å². The fourth-order valence-electron chi connectivity index (χ4n) is 1.47. The zero-order valence-corrected chi connectivity index (χ0v) is 10.7. The van der Waals surface area contributed by atoms with Crippen LogP contribution in [0.4, 0.5) is 0 Å². The van der Waals surface area contributed by atoms with Gasteiger partial charge in [0.05, 0.1) is 6.20 Å². The van der Waals surface area contributed by atoms with Gasteiger partial charge in [0, 0.05) is 29.5 Å². The highest BCUT2D eigenvalue weighted by molar-refractivity contribution is 6.30. The Labute approximate surface area is 109 Å². The van der Waals surface area contributed by atoms with Crippen LogP contribution in [0.15, 0.2) is 18.6 Å². The van der Waals surface area contributed by atoms with E-state index in [0.717, 1.165) is 11.3 Å². The minimum absolute atomic E-state index is 0.429. The normalized spacial score (nSPS) is 10.5. The molecular formula is C11H10Cl2N4. The third kappa shape index (κ3) is 2.70. The number of nitrogens with zero attached hydrogens (tertiary/aromatic N) is 4. The molecule has 0 fully saturated rings. The smallest absolute Gasteiger partial charge is 0.181 e. The maximum Gasteiger partial charge on any atom is 0.181 e. The number of alkyl halides is 1. The highest BCUT2D eigenvalue weighted by atomic mass is 35.5. The van der Waals surface area contributed by atoms with Crippen molar-refractivity contribution in [1.29, 1.82) is 0 Å². The SMILES string of the molecule is Cc1nc(-c2cnccn2)nc(Cl)c1CCCl. The molecule has 0 radical (unpaired) electrons. The Morgan fingerprint density at radius 1 is 1.24 bits per heavy atom. The predicted octanol–water partition coefficient (Wildman–Crippen LogP) is 2.68. The summed E-state index contributed by atoms with van der Waals surface area (Å²) in [6.45, 7) is 1.88. The first kappa shape index (κ1) is 12.2. The minimum atomic E-state index is 0.429. The predicted molar refractivity (Wildman–Crippen MR) is 67.2 cm³/mol. The average molecular weight is 269 g/mol. The molecular weight excluding hydrogens is 259 g/mol. The van der Waals surface area contributed by atoms with Crippen LogP contribution < -0.4 is 0 Å². The van der Waals surface area contributed by atoms with Gasteiger partial charge in [-0.15, -0.1) is 11.6 Å². The van der Waals surface area contributed by atoms with Crippen molar-refractivity contribution < 1.29 is 0 Å². The van der Waals surface area contributed by atoms with Crippen LogP contribution in [0.25, 0.3) is 11.5 Å². The van der Waals surface area contributed by atoms with Gasteiger partial charge in [-0.05, 0) is 13.3 Å². The highest BCUT2D eigenvalue weighted by Crippen LogP contribution is 2.21. The molecule has 17 heavy (non-hydrogen) atoms. The van der Waals surface area contributed by atoms with E-state index in [-0.39, 0.29) is 0 Å². The van der Waals surface area contributed by atoms with E-state index in [4.69, 9.17) is 23.2 Å². The van der Waals surface area contributed by atoms with E-state index in [1.807, 2.05) is 6.92 Å². The van der Waals surface area contributed by atoms with Crippen molar-refractivity contribution in [3.63, 3.8) is 0 Å². The summed E-state index contributed by atoms with van der Waals surface area (Å²) in [5.41, 5.74) is 2.32. The number of halogens is 2. The molecule has 0 aliphatic carbocycles. The highest BCUT2D eigenvalue weighted by Gasteiger charge is 2.11. The topological polar surface area (TPSA) is 51.6 Å². The van der Waals surface area contributed by atoms with Crippen LogP contribution >= 0.6 is 23.2 Å². The molecule has 6 heteroatoms. The lowest BCUT2D eigenvalue weighted by Crippen LogP contribution is -2.02. The van der Waals surface area contributed by atoms with Crippen LogP contribution in [0.1, 0.15) is 11.3 Å². The summed E-state index contributed by atoms with van der Waals surface area (Å²) in [5.74, 6) is 0.980. The third-order valence-corrected chi connectivity index (χ3v) is 2.80. The van der Waals surface area contributed by atoms with E-state index in [1.165, 1.54) is 0 Å². The largest absolute Gasteiger partial charge is 0.261 e. The van der Waals surface area contributed by atoms with Crippen LogP contribution in [-0.4, -0.2) is 25.8 Å². The Balaban J connectivity index is 2.46. The van der Waals surface area contributed by atoms with Gasteiger partial charge in [-0.25, -0.2) is 15.0 Å². The molecule has 2 aromatic heterocycles. The van der Waals surface area contributed by atoms with Crippen molar-refractivity contribution in [3.8, 4) is 11.5 Å². The number of rotatable bonds is 3. The Kier molecular flexibility index (Phi) is 3.86. The molecule has 4 nitrogen and oxygen atoms in total. The Bertz CT molecular complexity index is 493. The standard InChI is InChI=1S/C11H10Cl2N4/c1-7-8(2-3-12)10(13)17-11(16-7)9-6-14-4-5-15-9/h4-6H,2-3H2,1H3. The van der Waals surface area contributed by atoms with Gasteiger partial charge < -0.3 is 0 Å². The van der Waals surface area contributed by atoms with Crippen LogP contribution in [0.3, 0.4) is 0 Å². The fraction of sp³-hybridized carbons (Fsp3) is 0.273. The molecule has 0 spiro atoms. The molecule has 0 aromatic carbocycles. The second kappa shape index (κ2) is 5.38. The van der Waals surface area contributed by atoms with Crippen molar-refractivity contribution in [2.45, 2.75) is 13.3 Å². The maximum absolute atomic E-state index is 6.11. The summed E-state index contributed by atoms with van der Waals surface area (Å²) in [4.78, 5) is 16.7. The summed E-state index contributed by atoms with van der Waals surface area (Å²) < 4.78 is 0. The van der Waals surface area contributed by atoms with E-state index >= 15 is 0 Å². The zero-order valence-electron chi connectivity index (χ0n) is 9.19. The van der Waals surface area contributed by atoms with Gasteiger partial charge >= 0.3 is 0 Å². The fourth-order valence-corrected chi connectivity index (χ4v) is 1.97. The van der Waals surface area contributed by atoms with Crippen LogP contribution in [0.2, 0.25) is 5.15 Å². The molecule has 0 amide bonds. The van der Waals surface area contributed by atoms with Gasteiger partial charge in [-0.1, -0.05) is 11.6 Å². The first-order valence-electron chi connectivity index (χ1n) is 5.07. The lowest BCUT2D eigenvalue weighted by atomic mass is 10.2. The third-order valence-electron chi connectivity index (χ3n) is 2.30. The Morgan fingerprint density at radius 2 is 2.06 bits per heavy atom. The number of aryl methyl sites for hydroxylation is 1. The summed E-state index contributed by atoms with van der Waals surface area (Å²) in [5, 5.41) is 0.429. The van der Waals surface area contributed by atoms with E-state index < -0.39 is 0 Å². The molecule has 0 bridgehead atoms. The lowest BCUT2D eigenvalue weighted by molar-refractivity contribution is 0.994. The van der Waals surface area contributed by atoms with Crippen LogP contribution in [-0.2, 0) is 6.42 Å². The Morgan fingerprint density at radius 3 is 2.65 bits per heavy atom. The average Bonchev–Trinajstić information content (AvgIpc) is 2.35. The number of hydrogen-bond donors (Lipinski definition) is 0. The van der Waals surface area contributed by atoms with E-state index in [2.05, 4.69) is 19.9 Å². The molecule has 0 aliphatic heterocycles. The molecule has 0 atom stereocenters. The minimum Gasteiger partial charge on any atom is -0.261 e. The zero-order chi connectivity index (χ0) is 12.3. The molecule has 2 heterocycles. The summed E-state index contributed by atoms with van der Waals surface area (Å²) in [6, 6.07) is 0. The Hall–Kier alpha value is -1.26. The molecule has 0 unspecified atom stereocenters. The summed E-state index contributed by atoms with van der Waals surface area (Å²) >= 11 is 11.8. The van der Waals surface area contributed by atoms with E-state index in [1.54, 1.807) is 18.6 Å². The monoisotopic (exact) mass is 268 g/mol. The summed E-state index contributed by atoms with van der Waals surface area (Å²) in [7, 11) is 0. The second-order valence-electron chi connectivity index (χ2n) is 3.43. The van der Waals surface area contributed by atoms with Gasteiger partial charge in [0.25, 0.3) is 0 Å². The maximum atomic E-state index is 6.11. The van der Waals surface area contributed by atoms with Crippen molar-refractivity contribution in [1.82, 2.24) is 19.9 Å². The van der Waals surface area contributed by atoms with Gasteiger partial charge in [0.1, 0.15) is 10.8 Å². The summed E-state index contributed by atoms with van der Waals surface area (Å²) in [6.07, 6.45) is 5.45. The molecule has 0 aliphatic rings. The first-order valence-corrected chi connectivity index (χ1v) is 5.99. The van der Waals surface area contributed by atoms with Gasteiger partial charge in [-0.3, -0.25) is 4.98 Å². The van der Waals surface area contributed by atoms with Gasteiger partial charge in [0.2, 0.25) is 0 Å². The molecule has 2 rings (SSSR count). The second-order valence-corrected chi connectivity index (χ2v) is 4.17. The van der Waals surface area contributed by atoms with Crippen molar-refractivity contribution in [2.24, 2.45) is 0 Å². The van der Waals surface area contributed by atoms with Crippen molar-refractivity contribution in [2.75, 3.05) is 5.88 Å². The molecule has 0 saturated carbocycles. The molecule has 88 valence electrons. The quantitative estimate of drug-likeness (QED) is 0.635. The van der Waals surface area contributed by atoms with Gasteiger partial charge in [0.15, 0.2) is 5.82 Å². The first-order chi connectivity index (χ1) is 8.22. The number of hydrogen-bond acceptors (Lipinski definition) is 4. The van der Waals surface area contributed by atoms with Crippen molar-refractivity contribution >= 4 is 23.2 Å². The molecule has 0 saturated heterocycles. The van der Waals surface area contributed by atoms with E-state index in [0.29, 0.717) is 29.0 Å². The molecule has 2 aromatic rings. The van der Waals surface area contributed by atoms with E-state index in [9.17, 15) is 0 Å². The van der Waals surface area contributed by atoms with Crippen LogP contribution in [0, 0.1) is 6.92 Å². The number of aromatic nitrogens is 4. The lowest BCUT2D eigenvalue weighted by Gasteiger charge is -2.07. The van der Waals surface area contributed by atoms with Crippen LogP contribution in [0.5, 0.6) is 0 Å². The molecule has 0 N–H and O–H groups in total.